The quantitative estimate of drug-likeness (QED) is 0.772. The van der Waals surface area contributed by atoms with Gasteiger partial charge in [-0.2, -0.15) is 5.26 Å². The molecule has 0 aliphatic carbocycles. The Morgan fingerprint density at radius 2 is 2.00 bits per heavy atom. The number of hydrogen-bond donors (Lipinski definition) is 1. The Morgan fingerprint density at radius 1 is 1.43 bits per heavy atom. The van der Waals surface area contributed by atoms with E-state index in [1.54, 1.807) is 19.1 Å². The summed E-state index contributed by atoms with van der Waals surface area (Å²) >= 11 is 5.82. The Balaban J connectivity index is 3.35. The molecule has 0 bridgehead atoms. The average molecular weight is 210 g/mol. The molecule has 0 atom stereocenters. The normalized spacial score (nSPS) is 11.1. The molecule has 0 fully saturated rings. The van der Waals surface area contributed by atoms with Crippen molar-refractivity contribution < 1.29 is 5.11 Å². The lowest BCUT2D eigenvalue weighted by Gasteiger charge is -2.17. The smallest absolute Gasteiger partial charge is 0.137 e. The van der Waals surface area contributed by atoms with Crippen LogP contribution < -0.4 is 0 Å². The summed E-state index contributed by atoms with van der Waals surface area (Å²) in [6.45, 7) is 5.39. The van der Waals surface area contributed by atoms with Crippen LogP contribution in [0.15, 0.2) is 12.1 Å². The summed E-state index contributed by atoms with van der Waals surface area (Å²) in [5.41, 5.74) is 0.929. The van der Waals surface area contributed by atoms with E-state index in [0.717, 1.165) is 5.56 Å². The molecule has 2 nitrogen and oxygen atoms in total. The molecule has 14 heavy (non-hydrogen) atoms. The molecule has 0 aromatic heterocycles. The van der Waals surface area contributed by atoms with Crippen molar-refractivity contribution in [1.82, 2.24) is 0 Å². The lowest BCUT2D eigenvalue weighted by Crippen LogP contribution is -2.13. The van der Waals surface area contributed by atoms with Gasteiger partial charge in [0.2, 0.25) is 0 Å². The van der Waals surface area contributed by atoms with Crippen molar-refractivity contribution in [2.75, 3.05) is 0 Å². The lowest BCUT2D eigenvalue weighted by molar-refractivity contribution is 0.470. The van der Waals surface area contributed by atoms with Crippen LogP contribution in [-0.2, 0) is 5.41 Å². The van der Waals surface area contributed by atoms with E-state index in [2.05, 4.69) is 6.07 Å². The summed E-state index contributed by atoms with van der Waals surface area (Å²) in [5, 5.41) is 18.7. The van der Waals surface area contributed by atoms with E-state index >= 15 is 0 Å². The molecule has 0 unspecified atom stereocenters. The molecule has 1 N–H and O–H groups in total. The maximum absolute atomic E-state index is 9.45. The molecule has 0 heterocycles. The van der Waals surface area contributed by atoms with Gasteiger partial charge in [-0.15, -0.1) is 0 Å². The van der Waals surface area contributed by atoms with Crippen LogP contribution in [0.25, 0.3) is 0 Å². The highest BCUT2D eigenvalue weighted by Crippen LogP contribution is 2.33. The van der Waals surface area contributed by atoms with E-state index in [1.807, 2.05) is 13.8 Å². The molecule has 1 aromatic carbocycles. The molecule has 0 saturated heterocycles. The highest BCUT2D eigenvalue weighted by molar-refractivity contribution is 6.32. The van der Waals surface area contributed by atoms with Crippen molar-refractivity contribution in [3.63, 3.8) is 0 Å². The largest absolute Gasteiger partial charge is 0.506 e. The Kier molecular flexibility index (Phi) is 2.73. The van der Waals surface area contributed by atoms with Crippen molar-refractivity contribution in [1.29, 1.82) is 5.26 Å². The summed E-state index contributed by atoms with van der Waals surface area (Å²) in [6.07, 6.45) is 0. The number of phenols is 1. The van der Waals surface area contributed by atoms with Crippen LogP contribution in [0.1, 0.15) is 25.0 Å². The van der Waals surface area contributed by atoms with Gasteiger partial charge in [-0.25, -0.2) is 0 Å². The van der Waals surface area contributed by atoms with E-state index in [4.69, 9.17) is 16.9 Å². The Labute approximate surface area is 88.7 Å². The molecule has 1 rings (SSSR count). The zero-order valence-corrected chi connectivity index (χ0v) is 9.18. The van der Waals surface area contributed by atoms with Gasteiger partial charge in [0.1, 0.15) is 5.75 Å². The molecule has 1 aromatic rings. The summed E-state index contributed by atoms with van der Waals surface area (Å²) in [7, 11) is 0. The van der Waals surface area contributed by atoms with Gasteiger partial charge in [0.25, 0.3) is 0 Å². The minimum atomic E-state index is -0.581. The van der Waals surface area contributed by atoms with Crippen LogP contribution in [0.2, 0.25) is 5.02 Å². The number of benzene rings is 1. The van der Waals surface area contributed by atoms with Gasteiger partial charge >= 0.3 is 0 Å². The van der Waals surface area contributed by atoms with Gasteiger partial charge in [-0.3, -0.25) is 0 Å². The zero-order chi connectivity index (χ0) is 10.9. The first-order chi connectivity index (χ1) is 6.38. The second-order valence-corrected chi connectivity index (χ2v) is 4.27. The molecule has 0 aliphatic heterocycles. The fraction of sp³-hybridized carbons (Fsp3) is 0.364. The zero-order valence-electron chi connectivity index (χ0n) is 8.43. The van der Waals surface area contributed by atoms with E-state index < -0.39 is 5.41 Å². The number of phenolic OH excluding ortho intramolecular Hbond substituents is 1. The molecule has 0 spiro atoms. The number of aryl methyl sites for hydroxylation is 1. The van der Waals surface area contributed by atoms with Crippen LogP contribution in [0.4, 0.5) is 0 Å². The number of nitrogens with zero attached hydrogens (tertiary/aromatic N) is 1. The first-order valence-electron chi connectivity index (χ1n) is 4.29. The standard InChI is InChI=1S/C11H12ClNO/c1-7-4-8(11(2,3)6-13)5-9(12)10(7)14/h4-5,14H,1-3H3. The summed E-state index contributed by atoms with van der Waals surface area (Å²) in [4.78, 5) is 0. The monoisotopic (exact) mass is 209 g/mol. The van der Waals surface area contributed by atoms with E-state index in [1.165, 1.54) is 0 Å². The predicted molar refractivity (Wildman–Crippen MR) is 56.5 cm³/mol. The second kappa shape index (κ2) is 3.51. The second-order valence-electron chi connectivity index (χ2n) is 3.86. The summed E-state index contributed by atoms with van der Waals surface area (Å²) in [5.74, 6) is 0.0872. The van der Waals surface area contributed by atoms with Gasteiger partial charge in [0, 0.05) is 0 Å². The number of halogens is 1. The highest BCUT2D eigenvalue weighted by atomic mass is 35.5. The maximum atomic E-state index is 9.45. The number of hydrogen-bond acceptors (Lipinski definition) is 2. The Morgan fingerprint density at radius 3 is 2.43 bits per heavy atom. The van der Waals surface area contributed by atoms with Crippen LogP contribution in [0.5, 0.6) is 5.75 Å². The first-order valence-corrected chi connectivity index (χ1v) is 4.67. The molecule has 0 saturated carbocycles. The molecule has 0 amide bonds. The minimum Gasteiger partial charge on any atom is -0.506 e. The van der Waals surface area contributed by atoms with Gasteiger partial charge in [0.05, 0.1) is 16.5 Å². The van der Waals surface area contributed by atoms with Crippen molar-refractivity contribution >= 4 is 11.6 Å². The fourth-order valence-electron chi connectivity index (χ4n) is 1.16. The maximum Gasteiger partial charge on any atom is 0.137 e. The molecular weight excluding hydrogens is 198 g/mol. The van der Waals surface area contributed by atoms with E-state index in [0.29, 0.717) is 10.6 Å². The minimum absolute atomic E-state index is 0.0872. The Hall–Kier alpha value is -1.20. The van der Waals surface area contributed by atoms with Gasteiger partial charge < -0.3 is 5.11 Å². The Bertz CT molecular complexity index is 381. The average Bonchev–Trinajstić information content (AvgIpc) is 2.13. The third-order valence-electron chi connectivity index (χ3n) is 2.26. The van der Waals surface area contributed by atoms with Gasteiger partial charge in [0.15, 0.2) is 0 Å². The fourth-order valence-corrected chi connectivity index (χ4v) is 1.43. The third-order valence-corrected chi connectivity index (χ3v) is 2.54. The summed E-state index contributed by atoms with van der Waals surface area (Å²) in [6, 6.07) is 5.61. The molecule has 3 heteroatoms. The molecule has 0 radical (unpaired) electrons. The first kappa shape index (κ1) is 10.9. The van der Waals surface area contributed by atoms with Crippen LogP contribution in [-0.4, -0.2) is 5.11 Å². The number of rotatable bonds is 1. The van der Waals surface area contributed by atoms with Crippen LogP contribution in [0.3, 0.4) is 0 Å². The SMILES string of the molecule is Cc1cc(C(C)(C)C#N)cc(Cl)c1O. The number of aromatic hydroxyl groups is 1. The van der Waals surface area contributed by atoms with Crippen molar-refractivity contribution in [2.45, 2.75) is 26.2 Å². The highest BCUT2D eigenvalue weighted by Gasteiger charge is 2.21. The number of nitriles is 1. The molecule has 74 valence electrons. The van der Waals surface area contributed by atoms with Gasteiger partial charge in [-0.1, -0.05) is 17.7 Å². The topological polar surface area (TPSA) is 44.0 Å². The van der Waals surface area contributed by atoms with Crippen molar-refractivity contribution in [2.24, 2.45) is 0 Å². The lowest BCUT2D eigenvalue weighted by atomic mass is 9.85. The van der Waals surface area contributed by atoms with Gasteiger partial charge in [-0.05, 0) is 38.0 Å². The van der Waals surface area contributed by atoms with E-state index in [9.17, 15) is 5.11 Å². The predicted octanol–water partition coefficient (Wildman–Crippen LogP) is 3.16. The van der Waals surface area contributed by atoms with Crippen molar-refractivity contribution in [3.8, 4) is 11.8 Å². The summed E-state index contributed by atoms with van der Waals surface area (Å²) < 4.78 is 0. The van der Waals surface area contributed by atoms with E-state index in [-0.39, 0.29) is 5.75 Å². The van der Waals surface area contributed by atoms with Crippen LogP contribution in [0, 0.1) is 18.3 Å². The molecule has 0 aliphatic rings. The third kappa shape index (κ3) is 1.83. The van der Waals surface area contributed by atoms with Crippen molar-refractivity contribution in [3.05, 3.63) is 28.3 Å². The molecular formula is C11H12ClNO. The van der Waals surface area contributed by atoms with Crippen LogP contribution >= 0.6 is 11.6 Å².